The second-order valence-electron chi connectivity index (χ2n) is 5.82. The molecule has 3 nitrogen and oxygen atoms in total. The van der Waals surface area contributed by atoms with Crippen molar-refractivity contribution in [1.29, 1.82) is 0 Å². The van der Waals surface area contributed by atoms with E-state index < -0.39 is 16.0 Å². The predicted octanol–water partition coefficient (Wildman–Crippen LogP) is 3.13. The average Bonchev–Trinajstić information content (AvgIpc) is 2.58. The fourth-order valence-corrected chi connectivity index (χ4v) is 3.31. The van der Waals surface area contributed by atoms with E-state index >= 15 is 0 Å². The number of carbonyl (C=O) groups excluding carboxylic acids is 1. The SMILES string of the molecule is Cc1ccc(CS(=O)C(C)C(=O)NCCc2ccc(F)cc2)cc1. The molecule has 24 heavy (non-hydrogen) atoms. The molecule has 0 radical (unpaired) electrons. The minimum Gasteiger partial charge on any atom is -0.355 e. The summed E-state index contributed by atoms with van der Waals surface area (Å²) in [6, 6.07) is 14.0. The Bertz CT molecular complexity index is 698. The van der Waals surface area contributed by atoms with Crippen LogP contribution in [-0.2, 0) is 27.8 Å². The summed E-state index contributed by atoms with van der Waals surface area (Å²) in [6.07, 6.45) is 0.614. The van der Waals surface area contributed by atoms with E-state index in [1.54, 1.807) is 19.1 Å². The lowest BCUT2D eigenvalue weighted by molar-refractivity contribution is -0.120. The van der Waals surface area contributed by atoms with Crippen molar-refractivity contribution in [2.24, 2.45) is 0 Å². The van der Waals surface area contributed by atoms with Gasteiger partial charge in [-0.2, -0.15) is 0 Å². The van der Waals surface area contributed by atoms with Crippen LogP contribution < -0.4 is 5.32 Å². The highest BCUT2D eigenvalue weighted by molar-refractivity contribution is 7.85. The number of hydrogen-bond acceptors (Lipinski definition) is 2. The zero-order valence-corrected chi connectivity index (χ0v) is 14.7. The first-order chi connectivity index (χ1) is 11.5. The van der Waals surface area contributed by atoms with E-state index in [0.717, 1.165) is 16.7 Å². The normalized spacial score (nSPS) is 13.3. The van der Waals surface area contributed by atoms with Crippen molar-refractivity contribution in [3.8, 4) is 0 Å². The molecule has 0 aliphatic carbocycles. The summed E-state index contributed by atoms with van der Waals surface area (Å²) in [4.78, 5) is 12.1. The molecule has 0 aromatic heterocycles. The van der Waals surface area contributed by atoms with Crippen LogP contribution in [0.15, 0.2) is 48.5 Å². The number of aryl methyl sites for hydroxylation is 1. The molecule has 0 saturated carbocycles. The van der Waals surface area contributed by atoms with Gasteiger partial charge in [0.25, 0.3) is 0 Å². The fraction of sp³-hybridized carbons (Fsp3) is 0.316. The highest BCUT2D eigenvalue weighted by Gasteiger charge is 2.19. The standard InChI is InChI=1S/C19H22FNO2S/c1-14-3-5-17(6-4-14)13-24(23)15(2)19(22)21-12-11-16-7-9-18(20)10-8-16/h3-10,15H,11-13H2,1-2H3,(H,21,22). The lowest BCUT2D eigenvalue weighted by Crippen LogP contribution is -2.36. The Balaban J connectivity index is 1.79. The van der Waals surface area contributed by atoms with Crippen molar-refractivity contribution in [3.05, 3.63) is 71.0 Å². The van der Waals surface area contributed by atoms with E-state index in [1.807, 2.05) is 31.2 Å². The summed E-state index contributed by atoms with van der Waals surface area (Å²) in [5, 5.41) is 2.23. The van der Waals surface area contributed by atoms with Gasteiger partial charge in [0.15, 0.2) is 0 Å². The monoisotopic (exact) mass is 347 g/mol. The summed E-state index contributed by atoms with van der Waals surface area (Å²) in [5.41, 5.74) is 3.06. The second-order valence-corrected chi connectivity index (χ2v) is 7.58. The Kier molecular flexibility index (Phi) is 6.67. The lowest BCUT2D eigenvalue weighted by atomic mass is 10.1. The quantitative estimate of drug-likeness (QED) is 0.836. The minimum absolute atomic E-state index is 0.220. The zero-order chi connectivity index (χ0) is 17.5. The van der Waals surface area contributed by atoms with Gasteiger partial charge in [0.1, 0.15) is 11.1 Å². The maximum atomic E-state index is 12.8. The summed E-state index contributed by atoms with van der Waals surface area (Å²) >= 11 is 0. The average molecular weight is 347 g/mol. The molecule has 2 aromatic carbocycles. The topological polar surface area (TPSA) is 46.2 Å². The lowest BCUT2D eigenvalue weighted by Gasteiger charge is -2.12. The van der Waals surface area contributed by atoms with Crippen LogP contribution in [0, 0.1) is 12.7 Å². The van der Waals surface area contributed by atoms with Gasteiger partial charge in [-0.15, -0.1) is 0 Å². The maximum Gasteiger partial charge on any atom is 0.235 e. The number of carbonyl (C=O) groups is 1. The summed E-state index contributed by atoms with van der Waals surface area (Å²) in [5.74, 6) is -0.127. The molecular weight excluding hydrogens is 325 g/mol. The van der Waals surface area contributed by atoms with Crippen molar-refractivity contribution in [1.82, 2.24) is 5.32 Å². The van der Waals surface area contributed by atoms with Gasteiger partial charge in [0, 0.05) is 23.1 Å². The molecule has 2 unspecified atom stereocenters. The van der Waals surface area contributed by atoms with Gasteiger partial charge in [-0.1, -0.05) is 42.0 Å². The highest BCUT2D eigenvalue weighted by atomic mass is 32.2. The molecule has 1 amide bonds. The van der Waals surface area contributed by atoms with E-state index in [9.17, 15) is 13.4 Å². The highest BCUT2D eigenvalue weighted by Crippen LogP contribution is 2.09. The predicted molar refractivity (Wildman–Crippen MR) is 95.6 cm³/mol. The summed E-state index contributed by atoms with van der Waals surface area (Å²) in [6.45, 7) is 4.12. The molecule has 0 aliphatic rings. The first-order valence-electron chi connectivity index (χ1n) is 7.90. The van der Waals surface area contributed by atoms with Gasteiger partial charge >= 0.3 is 0 Å². The van der Waals surface area contributed by atoms with Crippen LogP contribution in [0.1, 0.15) is 23.6 Å². The van der Waals surface area contributed by atoms with Gasteiger partial charge < -0.3 is 5.32 Å². The molecular formula is C19H22FNO2S. The van der Waals surface area contributed by atoms with E-state index in [1.165, 1.54) is 12.1 Å². The van der Waals surface area contributed by atoms with Gasteiger partial charge in [-0.3, -0.25) is 9.00 Å². The second kappa shape index (κ2) is 8.73. The van der Waals surface area contributed by atoms with Crippen molar-refractivity contribution in [2.45, 2.75) is 31.3 Å². The van der Waals surface area contributed by atoms with Crippen LogP contribution in [0.3, 0.4) is 0 Å². The number of nitrogens with one attached hydrogen (secondary N) is 1. The molecule has 0 aliphatic heterocycles. The van der Waals surface area contributed by atoms with Crippen LogP contribution in [-0.4, -0.2) is 21.9 Å². The first-order valence-corrected chi connectivity index (χ1v) is 9.29. The van der Waals surface area contributed by atoms with E-state index in [4.69, 9.17) is 0 Å². The van der Waals surface area contributed by atoms with Crippen molar-refractivity contribution >= 4 is 16.7 Å². The smallest absolute Gasteiger partial charge is 0.235 e. The third-order valence-corrected chi connectivity index (χ3v) is 5.44. The summed E-state index contributed by atoms with van der Waals surface area (Å²) < 4.78 is 25.1. The minimum atomic E-state index is -1.27. The van der Waals surface area contributed by atoms with Gasteiger partial charge in [0.05, 0.1) is 0 Å². The molecule has 2 atom stereocenters. The van der Waals surface area contributed by atoms with Gasteiger partial charge in [-0.05, 0) is 43.5 Å². The molecule has 128 valence electrons. The van der Waals surface area contributed by atoms with E-state index in [2.05, 4.69) is 5.32 Å². The molecule has 0 heterocycles. The Morgan fingerprint density at radius 3 is 2.29 bits per heavy atom. The van der Waals surface area contributed by atoms with Crippen LogP contribution in [0.5, 0.6) is 0 Å². The molecule has 1 N–H and O–H groups in total. The third kappa shape index (κ3) is 5.57. The fourth-order valence-electron chi connectivity index (χ4n) is 2.22. The largest absolute Gasteiger partial charge is 0.355 e. The number of amides is 1. The number of benzene rings is 2. The van der Waals surface area contributed by atoms with Gasteiger partial charge in [-0.25, -0.2) is 4.39 Å². The Hall–Kier alpha value is -2.01. The Morgan fingerprint density at radius 2 is 1.67 bits per heavy atom. The van der Waals surface area contributed by atoms with Crippen LogP contribution >= 0.6 is 0 Å². The van der Waals surface area contributed by atoms with Crippen molar-refractivity contribution in [3.63, 3.8) is 0 Å². The first kappa shape index (κ1) is 18.3. The Morgan fingerprint density at radius 1 is 1.08 bits per heavy atom. The van der Waals surface area contributed by atoms with Crippen molar-refractivity contribution in [2.75, 3.05) is 6.54 Å². The number of hydrogen-bond donors (Lipinski definition) is 1. The van der Waals surface area contributed by atoms with Gasteiger partial charge in [0.2, 0.25) is 5.91 Å². The van der Waals surface area contributed by atoms with Crippen molar-refractivity contribution < 1.29 is 13.4 Å². The molecule has 0 bridgehead atoms. The third-order valence-electron chi connectivity index (χ3n) is 3.82. The maximum absolute atomic E-state index is 12.8. The number of rotatable bonds is 7. The van der Waals surface area contributed by atoms with Crippen LogP contribution in [0.25, 0.3) is 0 Å². The molecule has 0 spiro atoms. The zero-order valence-electron chi connectivity index (χ0n) is 13.9. The number of halogens is 1. The molecule has 0 fully saturated rings. The Labute approximate surface area is 144 Å². The van der Waals surface area contributed by atoms with Crippen LogP contribution in [0.2, 0.25) is 0 Å². The molecule has 2 rings (SSSR count). The van der Waals surface area contributed by atoms with E-state index in [0.29, 0.717) is 18.7 Å². The summed E-state index contributed by atoms with van der Waals surface area (Å²) in [7, 11) is -1.27. The molecule has 5 heteroatoms. The molecule has 2 aromatic rings. The molecule has 0 saturated heterocycles. The van der Waals surface area contributed by atoms with E-state index in [-0.39, 0.29) is 11.7 Å². The van der Waals surface area contributed by atoms with Crippen LogP contribution in [0.4, 0.5) is 4.39 Å².